The monoisotopic (exact) mass is 163 g/mol. The van der Waals surface area contributed by atoms with Gasteiger partial charge in [-0.15, -0.1) is 0 Å². The maximum Gasteiger partial charge on any atom is 0.181 e. The van der Waals surface area contributed by atoms with Gasteiger partial charge in [-0.05, 0) is 6.07 Å². The van der Waals surface area contributed by atoms with Crippen molar-refractivity contribution in [3.63, 3.8) is 0 Å². The van der Waals surface area contributed by atoms with Crippen LogP contribution in [0.1, 0.15) is 5.56 Å². The summed E-state index contributed by atoms with van der Waals surface area (Å²) >= 11 is 0. The van der Waals surface area contributed by atoms with E-state index in [1.165, 1.54) is 6.39 Å². The van der Waals surface area contributed by atoms with Crippen molar-refractivity contribution in [3.8, 4) is 0 Å². The normalized spacial score (nSPS) is 10.8. The summed E-state index contributed by atoms with van der Waals surface area (Å²) in [6.45, 7) is 0.573. The molecule has 62 valence electrons. The van der Waals surface area contributed by atoms with E-state index in [1.54, 1.807) is 7.11 Å². The van der Waals surface area contributed by atoms with Crippen molar-refractivity contribution in [1.82, 2.24) is 4.98 Å². The molecule has 0 N–H and O–H groups in total. The molecule has 0 radical (unpaired) electrons. The summed E-state index contributed by atoms with van der Waals surface area (Å²) in [5, 5.41) is 0. The summed E-state index contributed by atoms with van der Waals surface area (Å²) in [4.78, 5) is 4.09. The zero-order chi connectivity index (χ0) is 8.39. The third-order valence-electron chi connectivity index (χ3n) is 1.74. The van der Waals surface area contributed by atoms with Gasteiger partial charge in [0.1, 0.15) is 5.52 Å². The second-order valence-corrected chi connectivity index (χ2v) is 2.55. The number of hydrogen-bond acceptors (Lipinski definition) is 3. The molecular weight excluding hydrogens is 154 g/mol. The molecule has 0 bridgehead atoms. The number of rotatable bonds is 2. The number of fused-ring (bicyclic) bond motifs is 1. The Hall–Kier alpha value is -1.35. The first-order valence-corrected chi connectivity index (χ1v) is 3.72. The minimum atomic E-state index is 0.573. The van der Waals surface area contributed by atoms with E-state index in [0.29, 0.717) is 6.61 Å². The first-order valence-electron chi connectivity index (χ1n) is 3.72. The van der Waals surface area contributed by atoms with Crippen LogP contribution in [-0.4, -0.2) is 12.1 Å². The first-order chi connectivity index (χ1) is 5.92. The average Bonchev–Trinajstić information content (AvgIpc) is 2.53. The summed E-state index contributed by atoms with van der Waals surface area (Å²) in [5.41, 5.74) is 2.76. The van der Waals surface area contributed by atoms with Gasteiger partial charge in [0.2, 0.25) is 0 Å². The van der Waals surface area contributed by atoms with E-state index in [1.807, 2.05) is 18.2 Å². The Balaban J connectivity index is 2.57. The molecule has 0 fully saturated rings. The number of para-hydroxylation sites is 1. The van der Waals surface area contributed by atoms with Crippen LogP contribution in [0.15, 0.2) is 29.0 Å². The molecule has 1 aromatic heterocycles. The molecule has 0 aliphatic carbocycles. The smallest absolute Gasteiger partial charge is 0.181 e. The number of methoxy groups -OCH3 is 1. The van der Waals surface area contributed by atoms with Crippen LogP contribution in [0.3, 0.4) is 0 Å². The molecule has 0 aliphatic heterocycles. The van der Waals surface area contributed by atoms with Gasteiger partial charge in [0.25, 0.3) is 0 Å². The second kappa shape index (κ2) is 2.95. The molecule has 1 aromatic carbocycles. The number of ether oxygens (including phenoxy) is 1. The molecule has 3 heteroatoms. The highest BCUT2D eigenvalue weighted by molar-refractivity contribution is 5.75. The Morgan fingerprint density at radius 1 is 1.50 bits per heavy atom. The topological polar surface area (TPSA) is 35.3 Å². The maximum atomic E-state index is 5.14. The quantitative estimate of drug-likeness (QED) is 0.679. The molecule has 2 rings (SSSR count). The molecule has 0 amide bonds. The van der Waals surface area contributed by atoms with Gasteiger partial charge < -0.3 is 9.15 Å². The van der Waals surface area contributed by atoms with E-state index in [2.05, 4.69) is 4.98 Å². The van der Waals surface area contributed by atoms with E-state index >= 15 is 0 Å². The van der Waals surface area contributed by atoms with Gasteiger partial charge in [-0.2, -0.15) is 0 Å². The number of benzene rings is 1. The van der Waals surface area contributed by atoms with Gasteiger partial charge in [0.15, 0.2) is 12.0 Å². The van der Waals surface area contributed by atoms with Crippen LogP contribution in [-0.2, 0) is 11.3 Å². The number of aromatic nitrogens is 1. The lowest BCUT2D eigenvalue weighted by molar-refractivity contribution is 0.186. The van der Waals surface area contributed by atoms with E-state index in [-0.39, 0.29) is 0 Å². The Bertz CT molecular complexity index is 381. The van der Waals surface area contributed by atoms with Crippen LogP contribution in [0.5, 0.6) is 0 Å². The zero-order valence-electron chi connectivity index (χ0n) is 6.78. The summed E-state index contributed by atoms with van der Waals surface area (Å²) in [5.74, 6) is 0. The van der Waals surface area contributed by atoms with E-state index < -0.39 is 0 Å². The van der Waals surface area contributed by atoms with Crippen LogP contribution >= 0.6 is 0 Å². The van der Waals surface area contributed by atoms with Crippen molar-refractivity contribution < 1.29 is 9.15 Å². The third-order valence-corrected chi connectivity index (χ3v) is 1.74. The van der Waals surface area contributed by atoms with Crippen LogP contribution in [0.4, 0.5) is 0 Å². The fourth-order valence-electron chi connectivity index (χ4n) is 1.22. The molecule has 0 unspecified atom stereocenters. The molecule has 12 heavy (non-hydrogen) atoms. The highest BCUT2D eigenvalue weighted by atomic mass is 16.5. The number of hydrogen-bond donors (Lipinski definition) is 0. The van der Waals surface area contributed by atoms with Crippen molar-refractivity contribution in [1.29, 1.82) is 0 Å². The van der Waals surface area contributed by atoms with Crippen LogP contribution in [0.25, 0.3) is 11.1 Å². The molecule has 0 saturated heterocycles. The fourth-order valence-corrected chi connectivity index (χ4v) is 1.22. The second-order valence-electron chi connectivity index (χ2n) is 2.55. The third kappa shape index (κ3) is 1.08. The highest BCUT2D eigenvalue weighted by Gasteiger charge is 2.02. The Morgan fingerprint density at radius 2 is 2.42 bits per heavy atom. The lowest BCUT2D eigenvalue weighted by atomic mass is 10.2. The largest absolute Gasteiger partial charge is 0.443 e. The van der Waals surface area contributed by atoms with Crippen LogP contribution in [0, 0.1) is 0 Å². The minimum Gasteiger partial charge on any atom is -0.443 e. The van der Waals surface area contributed by atoms with Crippen molar-refractivity contribution in [2.45, 2.75) is 6.61 Å². The zero-order valence-corrected chi connectivity index (χ0v) is 6.78. The first kappa shape index (κ1) is 7.31. The summed E-state index contributed by atoms with van der Waals surface area (Å²) in [7, 11) is 1.67. The van der Waals surface area contributed by atoms with Gasteiger partial charge in [-0.25, -0.2) is 4.98 Å². The van der Waals surface area contributed by atoms with E-state index in [0.717, 1.165) is 16.7 Å². The Morgan fingerprint density at radius 3 is 3.25 bits per heavy atom. The predicted octanol–water partition coefficient (Wildman–Crippen LogP) is 1.97. The Kier molecular flexibility index (Phi) is 1.80. The van der Waals surface area contributed by atoms with Crippen molar-refractivity contribution in [2.24, 2.45) is 0 Å². The molecule has 0 spiro atoms. The van der Waals surface area contributed by atoms with E-state index in [9.17, 15) is 0 Å². The highest BCUT2D eigenvalue weighted by Crippen LogP contribution is 2.16. The molecule has 0 atom stereocenters. The SMILES string of the molecule is COCc1cccc2ocnc12. The maximum absolute atomic E-state index is 5.14. The summed E-state index contributed by atoms with van der Waals surface area (Å²) < 4.78 is 10.2. The van der Waals surface area contributed by atoms with Gasteiger partial charge in [-0.3, -0.25) is 0 Å². The standard InChI is InChI=1S/C9H9NO2/c1-11-5-7-3-2-4-8-9(7)10-6-12-8/h2-4,6H,5H2,1H3. The lowest BCUT2D eigenvalue weighted by Gasteiger charge is -1.97. The van der Waals surface area contributed by atoms with Crippen molar-refractivity contribution in [3.05, 3.63) is 30.2 Å². The minimum absolute atomic E-state index is 0.573. The molecule has 0 aliphatic rings. The summed E-state index contributed by atoms with van der Waals surface area (Å²) in [6, 6.07) is 5.80. The van der Waals surface area contributed by atoms with Gasteiger partial charge in [0.05, 0.1) is 6.61 Å². The van der Waals surface area contributed by atoms with Gasteiger partial charge in [0, 0.05) is 12.7 Å². The summed E-state index contributed by atoms with van der Waals surface area (Å²) in [6.07, 6.45) is 1.45. The lowest BCUT2D eigenvalue weighted by Crippen LogP contribution is -1.87. The molecular formula is C9H9NO2. The van der Waals surface area contributed by atoms with Crippen LogP contribution < -0.4 is 0 Å². The fraction of sp³-hybridized carbons (Fsp3) is 0.222. The average molecular weight is 163 g/mol. The number of nitrogens with zero attached hydrogens (tertiary/aromatic N) is 1. The molecule has 0 saturated carbocycles. The molecule has 3 nitrogen and oxygen atoms in total. The Labute approximate surface area is 70.0 Å². The van der Waals surface area contributed by atoms with Crippen molar-refractivity contribution >= 4 is 11.1 Å². The van der Waals surface area contributed by atoms with Crippen LogP contribution in [0.2, 0.25) is 0 Å². The van der Waals surface area contributed by atoms with Gasteiger partial charge >= 0.3 is 0 Å². The van der Waals surface area contributed by atoms with Crippen molar-refractivity contribution in [2.75, 3.05) is 7.11 Å². The predicted molar refractivity (Wildman–Crippen MR) is 44.7 cm³/mol. The number of oxazole rings is 1. The van der Waals surface area contributed by atoms with E-state index in [4.69, 9.17) is 9.15 Å². The molecule has 1 heterocycles. The van der Waals surface area contributed by atoms with Gasteiger partial charge in [-0.1, -0.05) is 12.1 Å². The molecule has 2 aromatic rings.